The lowest BCUT2D eigenvalue weighted by Crippen LogP contribution is -2.82. The fraction of sp³-hybridized carbons (Fsp3) is 0.200. The van der Waals surface area contributed by atoms with E-state index in [-0.39, 0.29) is 12.3 Å². The van der Waals surface area contributed by atoms with Crippen molar-refractivity contribution in [1.29, 1.82) is 5.41 Å². The second kappa shape index (κ2) is 9.88. The minimum absolute atomic E-state index is 0.177. The zero-order valence-corrected chi connectivity index (χ0v) is 18.3. The molecule has 0 bridgehead atoms. The number of hydrogen-bond acceptors (Lipinski definition) is 5. The summed E-state index contributed by atoms with van der Waals surface area (Å²) in [5.74, 6) is -1.68. The van der Waals surface area contributed by atoms with Crippen molar-refractivity contribution in [3.8, 4) is 11.5 Å². The van der Waals surface area contributed by atoms with Crippen molar-refractivity contribution >= 4 is 17.4 Å². The number of amides is 1. The Labute approximate surface area is 195 Å². The highest BCUT2D eigenvalue weighted by Gasteiger charge is 2.47. The van der Waals surface area contributed by atoms with Crippen molar-refractivity contribution in [3.05, 3.63) is 90.9 Å². The molecule has 0 radical (unpaired) electrons. The normalized spacial score (nSPS) is 16.8. The van der Waals surface area contributed by atoms with E-state index in [1.165, 1.54) is 12.5 Å². The van der Waals surface area contributed by atoms with Crippen LogP contribution in [0.2, 0.25) is 0 Å². The molecule has 1 aliphatic heterocycles. The van der Waals surface area contributed by atoms with Crippen LogP contribution in [0.15, 0.2) is 79.8 Å². The maximum Gasteiger partial charge on any atom is 0.267 e. The van der Waals surface area contributed by atoms with E-state index < -0.39 is 30.8 Å². The predicted octanol–water partition coefficient (Wildman–Crippen LogP) is 3.30. The second-order valence-corrected chi connectivity index (χ2v) is 7.96. The Morgan fingerprint density at radius 2 is 1.91 bits per heavy atom. The molecule has 1 fully saturated rings. The topological polar surface area (TPSA) is 95.8 Å². The summed E-state index contributed by atoms with van der Waals surface area (Å²) >= 11 is 0. The van der Waals surface area contributed by atoms with Crippen molar-refractivity contribution in [1.82, 2.24) is 14.9 Å². The maximum atomic E-state index is 14.0. The van der Waals surface area contributed by atoms with Crippen molar-refractivity contribution in [2.24, 2.45) is 0 Å². The van der Waals surface area contributed by atoms with Gasteiger partial charge in [-0.2, -0.15) is 4.98 Å². The van der Waals surface area contributed by atoms with Gasteiger partial charge in [0.25, 0.3) is 5.92 Å². The smallest absolute Gasteiger partial charge is 0.267 e. The molecule has 7 nitrogen and oxygen atoms in total. The number of nitrogens with zero attached hydrogens (tertiary/aromatic N) is 3. The number of rotatable bonds is 8. The first-order chi connectivity index (χ1) is 16.4. The lowest BCUT2D eigenvalue weighted by Gasteiger charge is -2.21. The van der Waals surface area contributed by atoms with Gasteiger partial charge in [0, 0.05) is 18.2 Å². The molecule has 9 heteroatoms. The van der Waals surface area contributed by atoms with Gasteiger partial charge in [0.05, 0.1) is 23.9 Å². The summed E-state index contributed by atoms with van der Waals surface area (Å²) in [7, 11) is 0. The second-order valence-electron chi connectivity index (χ2n) is 7.96. The van der Waals surface area contributed by atoms with Gasteiger partial charge in [0.2, 0.25) is 11.7 Å². The highest BCUT2D eigenvalue weighted by atomic mass is 19.3. The molecule has 1 aliphatic rings. The Morgan fingerprint density at radius 3 is 2.62 bits per heavy atom. The molecular weight excluding hydrogens is 440 g/mol. The summed E-state index contributed by atoms with van der Waals surface area (Å²) in [5.41, 5.74) is 1.28. The third-order valence-corrected chi connectivity index (χ3v) is 5.55. The Morgan fingerprint density at radius 1 is 1.21 bits per heavy atom. The highest BCUT2D eigenvalue weighted by molar-refractivity contribution is 6.12. The first kappa shape index (κ1) is 23.2. The molecule has 174 valence electrons. The van der Waals surface area contributed by atoms with Crippen LogP contribution in [0.25, 0.3) is 0 Å². The molecule has 1 unspecified atom stereocenters. The zero-order valence-electron chi connectivity index (χ0n) is 18.3. The van der Waals surface area contributed by atoms with E-state index in [0.29, 0.717) is 28.4 Å². The number of benzene rings is 2. The van der Waals surface area contributed by atoms with Crippen LogP contribution >= 0.6 is 0 Å². The average Bonchev–Trinajstić information content (AvgIpc) is 3.17. The van der Waals surface area contributed by atoms with Gasteiger partial charge in [-0.1, -0.05) is 24.8 Å². The van der Waals surface area contributed by atoms with Crippen LogP contribution in [-0.2, 0) is 4.79 Å². The van der Waals surface area contributed by atoms with Crippen LogP contribution < -0.4 is 10.1 Å². The third-order valence-electron chi connectivity index (χ3n) is 5.55. The zero-order chi connectivity index (χ0) is 24.1. The number of carbonyl (C=O) groups excluding carboxylic acids is 1. The van der Waals surface area contributed by atoms with Crippen LogP contribution in [0.3, 0.4) is 0 Å². The molecule has 2 heterocycles. The number of carbonyl (C=O) groups is 1. The quantitative estimate of drug-likeness (QED) is 0.395. The van der Waals surface area contributed by atoms with Crippen molar-refractivity contribution in [2.45, 2.75) is 18.4 Å². The van der Waals surface area contributed by atoms with Gasteiger partial charge in [-0.15, -0.1) is 0 Å². The molecule has 1 atom stereocenters. The van der Waals surface area contributed by atoms with Crippen LogP contribution in [0.5, 0.6) is 11.5 Å². The molecular formula is C25H24F2N5O2+. The molecule has 4 rings (SSSR count). The number of alkyl halides is 2. The monoisotopic (exact) mass is 464 g/mol. The molecule has 0 spiro atoms. The lowest BCUT2D eigenvalue weighted by molar-refractivity contribution is -0.579. The lowest BCUT2D eigenvalue weighted by atomic mass is 10.0. The van der Waals surface area contributed by atoms with E-state index in [9.17, 15) is 13.6 Å². The van der Waals surface area contributed by atoms with E-state index >= 15 is 0 Å². The molecule has 1 saturated heterocycles. The number of para-hydroxylation sites is 1. The van der Waals surface area contributed by atoms with Gasteiger partial charge in [-0.05, 0) is 42.5 Å². The summed E-state index contributed by atoms with van der Waals surface area (Å²) in [6.45, 7) is 2.95. The molecule has 34 heavy (non-hydrogen) atoms. The van der Waals surface area contributed by atoms with Crippen LogP contribution in [0.4, 0.5) is 14.6 Å². The Bertz CT molecular complexity index is 1190. The van der Waals surface area contributed by atoms with E-state index in [2.05, 4.69) is 16.5 Å². The first-order valence-electron chi connectivity index (χ1n) is 10.7. The van der Waals surface area contributed by atoms with Gasteiger partial charge in [-0.3, -0.25) is 15.5 Å². The molecule has 1 amide bonds. The Hall–Kier alpha value is -3.98. The molecule has 2 aromatic carbocycles. The molecule has 1 aromatic heterocycles. The fourth-order valence-corrected chi connectivity index (χ4v) is 3.90. The predicted molar refractivity (Wildman–Crippen MR) is 123 cm³/mol. The fourth-order valence-electron chi connectivity index (χ4n) is 3.90. The summed E-state index contributed by atoms with van der Waals surface area (Å²) < 4.78 is 33.7. The van der Waals surface area contributed by atoms with Gasteiger partial charge < -0.3 is 9.64 Å². The van der Waals surface area contributed by atoms with E-state index in [0.717, 1.165) is 11.0 Å². The minimum atomic E-state index is -2.94. The molecule has 0 aliphatic carbocycles. The third kappa shape index (κ3) is 5.32. The van der Waals surface area contributed by atoms with Gasteiger partial charge >= 0.3 is 0 Å². The average molecular weight is 464 g/mol. The minimum Gasteiger partial charge on any atom is -0.457 e. The Balaban J connectivity index is 1.47. The number of likely N-dealkylation sites (tertiary alicyclic amines) is 1. The molecule has 3 N–H and O–H groups in total. The largest absolute Gasteiger partial charge is 0.457 e. The van der Waals surface area contributed by atoms with Crippen molar-refractivity contribution < 1.29 is 23.6 Å². The molecule has 0 saturated carbocycles. The summed E-state index contributed by atoms with van der Waals surface area (Å²) in [6.07, 6.45) is 3.48. The number of hydrogen-bond donors (Lipinski definition) is 2. The maximum absolute atomic E-state index is 14.0. The number of ether oxygens (including phenoxy) is 1. The van der Waals surface area contributed by atoms with Gasteiger partial charge in [-0.25, -0.2) is 13.8 Å². The SMILES string of the molecule is C=CC(=O)N1CC(F)(F)CC1C[NH2+]c1ncncc1C(=N)c1ccc(Oc2ccccc2)cc1. The van der Waals surface area contributed by atoms with Crippen molar-refractivity contribution in [2.75, 3.05) is 13.1 Å². The number of nitrogens with one attached hydrogen (secondary N) is 1. The Kier molecular flexibility index (Phi) is 6.74. The summed E-state index contributed by atoms with van der Waals surface area (Å²) in [5, 5.41) is 10.3. The van der Waals surface area contributed by atoms with Gasteiger partial charge in [0.15, 0.2) is 0 Å². The van der Waals surface area contributed by atoms with Gasteiger partial charge in [0.1, 0.15) is 24.4 Å². The van der Waals surface area contributed by atoms with E-state index in [1.807, 2.05) is 30.3 Å². The number of halogens is 2. The number of aromatic nitrogens is 2. The molecule has 3 aromatic rings. The van der Waals surface area contributed by atoms with E-state index in [4.69, 9.17) is 10.1 Å². The first-order valence-corrected chi connectivity index (χ1v) is 10.7. The summed E-state index contributed by atoms with van der Waals surface area (Å²) in [4.78, 5) is 21.4. The number of nitrogens with two attached hydrogens (primary N) is 1. The number of quaternary nitrogens is 1. The van der Waals surface area contributed by atoms with E-state index in [1.54, 1.807) is 29.6 Å². The van der Waals surface area contributed by atoms with Crippen LogP contribution in [0.1, 0.15) is 17.5 Å². The van der Waals surface area contributed by atoms with Crippen LogP contribution in [-0.4, -0.2) is 51.5 Å². The van der Waals surface area contributed by atoms with Crippen LogP contribution in [0, 0.1) is 5.41 Å². The standard InChI is InChI=1S/C25H23F2N5O2/c1-2-22(33)32-15-25(26,27)12-18(32)13-30-24-21(14-29-16-31-24)23(28)17-8-10-20(11-9-17)34-19-6-4-3-5-7-19/h2-11,14,16,18,28H,1,12-13,15H2,(H,29,30,31)/p+1. The van der Waals surface area contributed by atoms with Crippen molar-refractivity contribution in [3.63, 3.8) is 0 Å². The highest BCUT2D eigenvalue weighted by Crippen LogP contribution is 2.31. The summed E-state index contributed by atoms with van der Waals surface area (Å²) in [6, 6.07) is 15.8.